The minimum atomic E-state index is 0.550. The molecule has 0 unspecified atom stereocenters. The number of allylic oxidation sites excluding steroid dienone is 4. The van der Waals surface area contributed by atoms with Crippen molar-refractivity contribution in [2.75, 3.05) is 0 Å². The number of rotatable bonds is 17. The topological polar surface area (TPSA) is 0 Å². The molecular formula is C40H74. The molecule has 0 aliphatic heterocycles. The van der Waals surface area contributed by atoms with Crippen LogP contribution in [0.1, 0.15) is 172 Å². The van der Waals surface area contributed by atoms with Gasteiger partial charge in [-0.25, -0.2) is 0 Å². The molecule has 0 spiro atoms. The van der Waals surface area contributed by atoms with Crippen LogP contribution < -0.4 is 0 Å². The zero-order chi connectivity index (χ0) is 29.8. The lowest BCUT2D eigenvalue weighted by atomic mass is 9.62. The Hall–Kier alpha value is -0.520. The highest BCUT2D eigenvalue weighted by Gasteiger charge is 2.37. The molecule has 2 fully saturated rings. The average molecular weight is 555 g/mol. The van der Waals surface area contributed by atoms with Gasteiger partial charge in [-0.1, -0.05) is 151 Å². The number of hydrogen-bond donors (Lipinski definition) is 0. The van der Waals surface area contributed by atoms with E-state index in [0.717, 1.165) is 41.4 Å². The van der Waals surface area contributed by atoms with Crippen LogP contribution >= 0.6 is 0 Å². The Labute approximate surface area is 254 Å². The van der Waals surface area contributed by atoms with Crippen LogP contribution in [0, 0.1) is 58.2 Å². The molecule has 0 radical (unpaired) electrons. The molecule has 2 aliphatic carbocycles. The second-order valence-electron chi connectivity index (χ2n) is 16.9. The quantitative estimate of drug-likeness (QED) is 0.157. The second-order valence-corrected chi connectivity index (χ2v) is 16.9. The highest BCUT2D eigenvalue weighted by molar-refractivity contribution is 4.94. The summed E-state index contributed by atoms with van der Waals surface area (Å²) in [5.41, 5.74) is 1.11. The fourth-order valence-electron chi connectivity index (χ4n) is 8.81. The van der Waals surface area contributed by atoms with Crippen LogP contribution in [0.4, 0.5) is 0 Å². The molecule has 0 saturated heterocycles. The molecule has 0 bridgehead atoms. The predicted octanol–water partition coefficient (Wildman–Crippen LogP) is 13.5. The van der Waals surface area contributed by atoms with Crippen molar-refractivity contribution in [1.29, 1.82) is 0 Å². The summed E-state index contributed by atoms with van der Waals surface area (Å²) < 4.78 is 0. The van der Waals surface area contributed by atoms with Crippen molar-refractivity contribution in [3.8, 4) is 0 Å². The van der Waals surface area contributed by atoms with Crippen molar-refractivity contribution in [1.82, 2.24) is 0 Å². The zero-order valence-electron chi connectivity index (χ0n) is 29.2. The van der Waals surface area contributed by atoms with Gasteiger partial charge in [-0.15, -0.1) is 0 Å². The largest absolute Gasteiger partial charge is 0.0883 e. The Morgan fingerprint density at radius 2 is 1.05 bits per heavy atom. The Balaban J connectivity index is 1.54. The average Bonchev–Trinajstić information content (AvgIpc) is 2.85. The standard InChI is InChI=1S/C40H74/c1-31(19-13-21-33(3)25-27-37-35(5)23-15-29-39(37,7)8)17-11-12-18-32(2)20-14-22-34(4)26-28-38-36(6)24-16-30-40(38,9)10/h11-13,19,31-38H,14-18,20-30H2,1-10H3/b12-11+,19-13+/t31-,32-,33-,34+,35-,36+,37-,38-/m0/s1. The number of hydrogen-bond acceptors (Lipinski definition) is 0. The van der Waals surface area contributed by atoms with Crippen LogP contribution in [0.25, 0.3) is 0 Å². The van der Waals surface area contributed by atoms with E-state index in [2.05, 4.69) is 93.5 Å². The van der Waals surface area contributed by atoms with E-state index in [1.807, 2.05) is 0 Å². The van der Waals surface area contributed by atoms with Gasteiger partial charge in [-0.3, -0.25) is 0 Å². The molecular weight excluding hydrogens is 480 g/mol. The van der Waals surface area contributed by atoms with Gasteiger partial charge in [0.1, 0.15) is 0 Å². The maximum absolute atomic E-state index is 2.53. The second kappa shape index (κ2) is 17.6. The molecule has 40 heavy (non-hydrogen) atoms. The normalized spacial score (nSPS) is 29.9. The van der Waals surface area contributed by atoms with Crippen LogP contribution in [0.3, 0.4) is 0 Å². The third-order valence-corrected chi connectivity index (χ3v) is 11.9. The summed E-state index contributed by atoms with van der Waals surface area (Å²) in [6.07, 6.45) is 32.2. The molecule has 2 saturated carbocycles. The summed E-state index contributed by atoms with van der Waals surface area (Å²) >= 11 is 0. The molecule has 0 N–H and O–H groups in total. The summed E-state index contributed by atoms with van der Waals surface area (Å²) in [4.78, 5) is 0. The molecule has 0 nitrogen and oxygen atoms in total. The lowest BCUT2D eigenvalue weighted by Crippen LogP contribution is -2.33. The van der Waals surface area contributed by atoms with Crippen molar-refractivity contribution in [3.05, 3.63) is 24.3 Å². The fraction of sp³-hybridized carbons (Fsp3) is 0.900. The minimum Gasteiger partial charge on any atom is -0.0883 e. The Morgan fingerprint density at radius 1 is 0.600 bits per heavy atom. The van der Waals surface area contributed by atoms with Gasteiger partial charge in [-0.2, -0.15) is 0 Å². The third kappa shape index (κ3) is 12.8. The Bertz CT molecular complexity index is 722. The predicted molar refractivity (Wildman–Crippen MR) is 182 cm³/mol. The highest BCUT2D eigenvalue weighted by atomic mass is 14.4. The summed E-state index contributed by atoms with van der Waals surface area (Å²) in [6.45, 7) is 25.0. The third-order valence-electron chi connectivity index (χ3n) is 11.9. The Kier molecular flexibility index (Phi) is 15.7. The van der Waals surface area contributed by atoms with E-state index in [4.69, 9.17) is 0 Å². The smallest absolute Gasteiger partial charge is 0.0227 e. The maximum atomic E-state index is 2.53. The van der Waals surface area contributed by atoms with E-state index < -0.39 is 0 Å². The first kappa shape index (κ1) is 35.7. The Morgan fingerprint density at radius 3 is 1.60 bits per heavy atom. The van der Waals surface area contributed by atoms with Crippen LogP contribution in [0.5, 0.6) is 0 Å². The van der Waals surface area contributed by atoms with Gasteiger partial charge in [-0.05, 0) is 103 Å². The first-order chi connectivity index (χ1) is 18.8. The SMILES string of the molecule is C[C@H](CCC[C@@H](C)C/C=C/C[C@H](C)/C=C/C[C@H](C)CC[C@H]1[C@@H](C)CCCC1(C)C)CC[C@H]1[C@H](C)CCCC1(C)C. The molecule has 0 aromatic carbocycles. The summed E-state index contributed by atoms with van der Waals surface area (Å²) in [7, 11) is 0. The van der Waals surface area contributed by atoms with Gasteiger partial charge < -0.3 is 0 Å². The van der Waals surface area contributed by atoms with E-state index >= 15 is 0 Å². The molecule has 8 atom stereocenters. The van der Waals surface area contributed by atoms with E-state index in [-0.39, 0.29) is 0 Å². The highest BCUT2D eigenvalue weighted by Crippen LogP contribution is 2.47. The van der Waals surface area contributed by atoms with E-state index in [0.29, 0.717) is 16.7 Å². The zero-order valence-corrected chi connectivity index (χ0v) is 29.2. The summed E-state index contributed by atoms with van der Waals surface area (Å²) in [5.74, 6) is 6.90. The first-order valence-electron chi connectivity index (χ1n) is 18.1. The fourth-order valence-corrected chi connectivity index (χ4v) is 8.81. The maximum Gasteiger partial charge on any atom is -0.0227 e. The van der Waals surface area contributed by atoms with Crippen LogP contribution in [-0.4, -0.2) is 0 Å². The molecule has 0 aromatic rings. The lowest BCUT2D eigenvalue weighted by Gasteiger charge is -2.43. The van der Waals surface area contributed by atoms with Gasteiger partial charge >= 0.3 is 0 Å². The van der Waals surface area contributed by atoms with Gasteiger partial charge in [0.15, 0.2) is 0 Å². The van der Waals surface area contributed by atoms with Gasteiger partial charge in [0.25, 0.3) is 0 Å². The van der Waals surface area contributed by atoms with Crippen molar-refractivity contribution in [2.24, 2.45) is 58.2 Å². The lowest BCUT2D eigenvalue weighted by molar-refractivity contribution is 0.0706. The van der Waals surface area contributed by atoms with Gasteiger partial charge in [0, 0.05) is 0 Å². The van der Waals surface area contributed by atoms with E-state index in [9.17, 15) is 0 Å². The van der Waals surface area contributed by atoms with Crippen molar-refractivity contribution >= 4 is 0 Å². The van der Waals surface area contributed by atoms with Crippen LogP contribution in [-0.2, 0) is 0 Å². The van der Waals surface area contributed by atoms with Crippen molar-refractivity contribution in [3.63, 3.8) is 0 Å². The van der Waals surface area contributed by atoms with Crippen molar-refractivity contribution in [2.45, 2.75) is 172 Å². The van der Waals surface area contributed by atoms with Crippen molar-refractivity contribution < 1.29 is 0 Å². The minimum absolute atomic E-state index is 0.550. The molecule has 0 aromatic heterocycles. The molecule has 2 aliphatic rings. The molecule has 2 rings (SSSR count). The molecule has 234 valence electrons. The van der Waals surface area contributed by atoms with Gasteiger partial charge in [0.05, 0.1) is 0 Å². The summed E-state index contributed by atoms with van der Waals surface area (Å²) in [6, 6.07) is 0. The monoisotopic (exact) mass is 555 g/mol. The molecule has 0 heterocycles. The van der Waals surface area contributed by atoms with Crippen LogP contribution in [0.15, 0.2) is 24.3 Å². The van der Waals surface area contributed by atoms with E-state index in [1.54, 1.807) is 0 Å². The molecule has 0 amide bonds. The molecule has 0 heteroatoms. The van der Waals surface area contributed by atoms with Crippen LogP contribution in [0.2, 0.25) is 0 Å². The van der Waals surface area contributed by atoms with E-state index in [1.165, 1.54) is 103 Å². The summed E-state index contributed by atoms with van der Waals surface area (Å²) in [5, 5.41) is 0. The first-order valence-corrected chi connectivity index (χ1v) is 18.1. The van der Waals surface area contributed by atoms with Gasteiger partial charge in [0.2, 0.25) is 0 Å².